The molecule has 0 aromatic heterocycles. The summed E-state index contributed by atoms with van der Waals surface area (Å²) in [5, 5.41) is 2.59. The number of amides is 1. The molecule has 0 unspecified atom stereocenters. The lowest BCUT2D eigenvalue weighted by Gasteiger charge is -2.09. The van der Waals surface area contributed by atoms with Crippen molar-refractivity contribution in [3.05, 3.63) is 54.1 Å². The number of halogens is 2. The maximum atomic E-state index is 12.2. The minimum absolute atomic E-state index is 0.266. The first-order chi connectivity index (χ1) is 12.0. The van der Waals surface area contributed by atoms with Gasteiger partial charge in [-0.05, 0) is 42.5 Å². The molecule has 0 heterocycles. The third-order valence-corrected chi connectivity index (χ3v) is 3.71. The van der Waals surface area contributed by atoms with Gasteiger partial charge in [0.25, 0.3) is 11.7 Å². The molecule has 0 atom stereocenters. The molecule has 0 aliphatic carbocycles. The van der Waals surface area contributed by atoms with Crippen LogP contribution in [0.5, 0.6) is 5.75 Å². The number of hydrogen-bond donors (Lipinski definition) is 1. The van der Waals surface area contributed by atoms with Crippen LogP contribution in [0.2, 0.25) is 0 Å². The van der Waals surface area contributed by atoms with Crippen molar-refractivity contribution >= 4 is 29.3 Å². The third-order valence-electron chi connectivity index (χ3n) is 2.99. The first kappa shape index (κ1) is 18.7. The number of carbonyl (C=O) groups excluding carboxylic acids is 2. The first-order valence-electron chi connectivity index (χ1n) is 7.14. The van der Waals surface area contributed by atoms with Crippen LogP contribution in [-0.4, -0.2) is 31.4 Å². The number of anilines is 1. The molecule has 0 spiro atoms. The van der Waals surface area contributed by atoms with E-state index in [-0.39, 0.29) is 6.61 Å². The molecule has 0 radical (unpaired) electrons. The molecule has 0 saturated carbocycles. The van der Waals surface area contributed by atoms with Gasteiger partial charge in [0.1, 0.15) is 5.75 Å². The predicted molar refractivity (Wildman–Crippen MR) is 90.2 cm³/mol. The van der Waals surface area contributed by atoms with E-state index in [1.54, 1.807) is 18.2 Å². The maximum absolute atomic E-state index is 12.2. The Kier molecular flexibility index (Phi) is 6.76. The van der Waals surface area contributed by atoms with Crippen LogP contribution >= 0.6 is 11.8 Å². The number of alkyl halides is 2. The topological polar surface area (TPSA) is 64.6 Å². The Balaban J connectivity index is 1.87. The van der Waals surface area contributed by atoms with Crippen LogP contribution in [0.25, 0.3) is 0 Å². The zero-order valence-electron chi connectivity index (χ0n) is 13.2. The molecule has 2 aromatic rings. The van der Waals surface area contributed by atoms with Crippen molar-refractivity contribution in [1.29, 1.82) is 0 Å². The fourth-order valence-corrected chi connectivity index (χ4v) is 2.40. The molecule has 0 saturated heterocycles. The minimum Gasteiger partial charge on any atom is -0.484 e. The molecule has 0 aliphatic heterocycles. The van der Waals surface area contributed by atoms with Crippen LogP contribution in [0.4, 0.5) is 14.5 Å². The van der Waals surface area contributed by atoms with E-state index in [1.807, 2.05) is 0 Å². The molecule has 0 fully saturated rings. The number of nitrogens with one attached hydrogen (secondary N) is 1. The number of hydrogen-bond acceptors (Lipinski definition) is 5. The van der Waals surface area contributed by atoms with Gasteiger partial charge in [-0.2, -0.15) is 8.78 Å². The summed E-state index contributed by atoms with van der Waals surface area (Å²) in [6.45, 7) is -0.266. The highest BCUT2D eigenvalue weighted by atomic mass is 32.2. The molecular weight excluding hydrogens is 352 g/mol. The number of esters is 1. The summed E-state index contributed by atoms with van der Waals surface area (Å²) in [6, 6.07) is 12.3. The van der Waals surface area contributed by atoms with Crippen molar-refractivity contribution in [2.45, 2.75) is 10.7 Å². The van der Waals surface area contributed by atoms with Gasteiger partial charge in [-0.15, -0.1) is 0 Å². The summed E-state index contributed by atoms with van der Waals surface area (Å²) in [7, 11) is 1.27. The van der Waals surface area contributed by atoms with E-state index in [0.29, 0.717) is 33.7 Å². The second-order valence-electron chi connectivity index (χ2n) is 4.76. The Morgan fingerprint density at radius 1 is 1.16 bits per heavy atom. The van der Waals surface area contributed by atoms with Crippen LogP contribution in [0.3, 0.4) is 0 Å². The number of rotatable bonds is 7. The monoisotopic (exact) mass is 367 g/mol. The van der Waals surface area contributed by atoms with Gasteiger partial charge in [0, 0.05) is 10.6 Å². The zero-order chi connectivity index (χ0) is 18.2. The largest absolute Gasteiger partial charge is 0.484 e. The Bertz CT molecular complexity index is 738. The molecule has 0 aliphatic rings. The van der Waals surface area contributed by atoms with E-state index < -0.39 is 17.6 Å². The number of ether oxygens (including phenoxy) is 2. The van der Waals surface area contributed by atoms with Gasteiger partial charge in [0.05, 0.1) is 12.7 Å². The molecule has 1 amide bonds. The molecule has 2 rings (SSSR count). The number of benzene rings is 2. The van der Waals surface area contributed by atoms with Crippen molar-refractivity contribution in [3.63, 3.8) is 0 Å². The molecule has 8 heteroatoms. The van der Waals surface area contributed by atoms with E-state index in [1.165, 1.54) is 37.4 Å². The van der Waals surface area contributed by atoms with Crippen LogP contribution in [-0.2, 0) is 9.53 Å². The highest BCUT2D eigenvalue weighted by Gasteiger charge is 2.09. The second kappa shape index (κ2) is 9.03. The molecular formula is C17H15F2NO4S. The quantitative estimate of drug-likeness (QED) is 0.596. The number of carbonyl (C=O) groups is 2. The minimum atomic E-state index is -2.49. The highest BCUT2D eigenvalue weighted by molar-refractivity contribution is 7.99. The first-order valence-corrected chi connectivity index (χ1v) is 8.02. The molecule has 5 nitrogen and oxygen atoms in total. The summed E-state index contributed by atoms with van der Waals surface area (Å²) in [6.07, 6.45) is 0. The zero-order valence-corrected chi connectivity index (χ0v) is 14.0. The molecule has 0 bridgehead atoms. The van der Waals surface area contributed by atoms with Crippen LogP contribution in [0.15, 0.2) is 53.4 Å². The Hall–Kier alpha value is -2.61. The van der Waals surface area contributed by atoms with Gasteiger partial charge in [-0.25, -0.2) is 4.79 Å². The summed E-state index contributed by atoms with van der Waals surface area (Å²) < 4.78 is 34.4. The summed E-state index contributed by atoms with van der Waals surface area (Å²) in [5.41, 5.74) is 0.781. The van der Waals surface area contributed by atoms with Crippen molar-refractivity contribution in [2.24, 2.45) is 0 Å². The van der Waals surface area contributed by atoms with Gasteiger partial charge < -0.3 is 14.8 Å². The smallest absolute Gasteiger partial charge is 0.337 e. The maximum Gasteiger partial charge on any atom is 0.337 e. The van der Waals surface area contributed by atoms with Crippen LogP contribution < -0.4 is 10.1 Å². The average Bonchev–Trinajstić information content (AvgIpc) is 2.61. The second-order valence-corrected chi connectivity index (χ2v) is 5.82. The fraction of sp³-hybridized carbons (Fsp3) is 0.176. The Morgan fingerprint density at radius 3 is 2.52 bits per heavy atom. The lowest BCUT2D eigenvalue weighted by Crippen LogP contribution is -2.20. The Morgan fingerprint density at radius 2 is 1.88 bits per heavy atom. The van der Waals surface area contributed by atoms with Crippen LogP contribution in [0, 0.1) is 0 Å². The van der Waals surface area contributed by atoms with Gasteiger partial charge in [0.15, 0.2) is 6.61 Å². The van der Waals surface area contributed by atoms with Gasteiger partial charge in [-0.3, -0.25) is 4.79 Å². The summed E-state index contributed by atoms with van der Waals surface area (Å²) >= 11 is 0.431. The van der Waals surface area contributed by atoms with E-state index in [9.17, 15) is 18.4 Å². The van der Waals surface area contributed by atoms with E-state index in [0.717, 1.165) is 0 Å². The SMILES string of the molecule is COC(=O)c1cccc(OCC(=O)Nc2ccc(SC(F)F)cc2)c1. The molecule has 2 aromatic carbocycles. The standard InChI is InChI=1S/C17H15F2NO4S/c1-23-16(22)11-3-2-4-13(9-11)24-10-15(21)20-12-5-7-14(8-6-12)25-17(18)19/h2-9,17H,10H2,1H3,(H,20,21). The predicted octanol–water partition coefficient (Wildman–Crippen LogP) is 3.81. The van der Waals surface area contributed by atoms with Crippen molar-refractivity contribution in [3.8, 4) is 5.75 Å². The number of thioether (sulfide) groups is 1. The molecule has 1 N–H and O–H groups in total. The van der Waals surface area contributed by atoms with Gasteiger partial charge >= 0.3 is 5.97 Å². The van der Waals surface area contributed by atoms with Crippen LogP contribution in [0.1, 0.15) is 10.4 Å². The number of methoxy groups -OCH3 is 1. The highest BCUT2D eigenvalue weighted by Crippen LogP contribution is 2.26. The van der Waals surface area contributed by atoms with Crippen molar-refractivity contribution < 1.29 is 27.8 Å². The normalized spacial score (nSPS) is 10.4. The average molecular weight is 367 g/mol. The van der Waals surface area contributed by atoms with Crippen molar-refractivity contribution in [1.82, 2.24) is 0 Å². The molecule has 132 valence electrons. The lowest BCUT2D eigenvalue weighted by atomic mass is 10.2. The Labute approximate surface area is 147 Å². The third kappa shape index (κ3) is 6.07. The van der Waals surface area contributed by atoms with Gasteiger partial charge in [0.2, 0.25) is 0 Å². The summed E-state index contributed by atoms with van der Waals surface area (Å²) in [5.74, 6) is -3.06. The van der Waals surface area contributed by atoms with E-state index in [4.69, 9.17) is 4.74 Å². The lowest BCUT2D eigenvalue weighted by molar-refractivity contribution is -0.118. The van der Waals surface area contributed by atoms with E-state index in [2.05, 4.69) is 10.1 Å². The van der Waals surface area contributed by atoms with E-state index >= 15 is 0 Å². The van der Waals surface area contributed by atoms with Crippen molar-refractivity contribution in [2.75, 3.05) is 19.0 Å². The molecule has 25 heavy (non-hydrogen) atoms. The van der Waals surface area contributed by atoms with Gasteiger partial charge in [-0.1, -0.05) is 17.8 Å². The summed E-state index contributed by atoms with van der Waals surface area (Å²) in [4.78, 5) is 23.7. The fourth-order valence-electron chi connectivity index (χ4n) is 1.90.